The number of thioether (sulfide) groups is 1. The Bertz CT molecular complexity index is 852. The minimum Gasteiger partial charge on any atom is -0.497 e. The Morgan fingerprint density at radius 2 is 2.07 bits per heavy atom. The van der Waals surface area contributed by atoms with Crippen molar-refractivity contribution < 1.29 is 4.74 Å². The quantitative estimate of drug-likeness (QED) is 0.655. The molecule has 5 rings (SSSR count). The van der Waals surface area contributed by atoms with Gasteiger partial charge < -0.3 is 19.9 Å². The fraction of sp³-hybridized carbons (Fsp3) is 0.417. The largest absolute Gasteiger partial charge is 0.497 e. The molecule has 1 N–H and O–H groups in total. The molecule has 154 valence electrons. The van der Waals surface area contributed by atoms with E-state index in [4.69, 9.17) is 4.74 Å². The van der Waals surface area contributed by atoms with Crippen LogP contribution in [0.25, 0.3) is 0 Å². The number of piperidine rings is 3. The zero-order valence-corrected chi connectivity index (χ0v) is 18.3. The molecule has 0 saturated carbocycles. The SMILES string of the molecule is C=C(NC1CN2CCC1CC2)C1=CN(c2ccc(OC)cc2SCC)C(=C)C=C1. The topological polar surface area (TPSA) is 27.7 Å². The molecule has 0 aromatic heterocycles. The first-order valence-electron chi connectivity index (χ1n) is 10.5. The number of nitrogens with one attached hydrogen (secondary N) is 1. The number of ether oxygens (including phenoxy) is 1. The van der Waals surface area contributed by atoms with Gasteiger partial charge in [0.05, 0.1) is 12.8 Å². The lowest BCUT2D eigenvalue weighted by atomic mass is 9.84. The Balaban J connectivity index is 1.55. The summed E-state index contributed by atoms with van der Waals surface area (Å²) in [6, 6.07) is 6.72. The second-order valence-electron chi connectivity index (χ2n) is 7.91. The number of fused-ring (bicyclic) bond motifs is 3. The lowest BCUT2D eigenvalue weighted by molar-refractivity contribution is 0.0777. The van der Waals surface area contributed by atoms with Crippen LogP contribution in [0.4, 0.5) is 5.69 Å². The number of hydrogen-bond acceptors (Lipinski definition) is 5. The number of anilines is 1. The highest BCUT2D eigenvalue weighted by Gasteiger charge is 2.34. The molecule has 0 spiro atoms. The summed E-state index contributed by atoms with van der Waals surface area (Å²) >= 11 is 1.81. The first kappa shape index (κ1) is 20.2. The van der Waals surface area contributed by atoms with Gasteiger partial charge in [-0.25, -0.2) is 0 Å². The van der Waals surface area contributed by atoms with Crippen LogP contribution in [0.15, 0.2) is 71.6 Å². The van der Waals surface area contributed by atoms with Crippen molar-refractivity contribution >= 4 is 17.4 Å². The summed E-state index contributed by atoms with van der Waals surface area (Å²) in [6.45, 7) is 14.4. The molecule has 0 aliphatic carbocycles. The summed E-state index contributed by atoms with van der Waals surface area (Å²) in [5.41, 5.74) is 4.18. The Labute approximate surface area is 179 Å². The van der Waals surface area contributed by atoms with Gasteiger partial charge in [-0.15, -0.1) is 11.8 Å². The molecule has 1 aromatic rings. The summed E-state index contributed by atoms with van der Waals surface area (Å²) in [5, 5.41) is 3.73. The number of hydrogen-bond donors (Lipinski definition) is 1. The van der Waals surface area contributed by atoms with Crippen molar-refractivity contribution in [1.29, 1.82) is 0 Å². The molecule has 4 aliphatic heterocycles. The van der Waals surface area contributed by atoms with Crippen molar-refractivity contribution in [1.82, 2.24) is 10.2 Å². The van der Waals surface area contributed by atoms with E-state index in [1.54, 1.807) is 7.11 Å². The normalized spacial score (nSPS) is 25.7. The summed E-state index contributed by atoms with van der Waals surface area (Å²) in [7, 11) is 1.71. The predicted molar refractivity (Wildman–Crippen MR) is 123 cm³/mol. The maximum atomic E-state index is 5.43. The van der Waals surface area contributed by atoms with Gasteiger partial charge in [0.1, 0.15) is 5.75 Å². The predicted octanol–water partition coefficient (Wildman–Crippen LogP) is 4.78. The molecule has 29 heavy (non-hydrogen) atoms. The fourth-order valence-electron chi connectivity index (χ4n) is 4.46. The molecule has 4 aliphatic rings. The van der Waals surface area contributed by atoms with Crippen molar-refractivity contribution in [2.75, 3.05) is 37.4 Å². The maximum absolute atomic E-state index is 5.43. The third-order valence-corrected chi connectivity index (χ3v) is 7.05. The highest BCUT2D eigenvalue weighted by molar-refractivity contribution is 7.99. The first-order chi connectivity index (χ1) is 14.1. The van der Waals surface area contributed by atoms with Crippen LogP contribution in [0.5, 0.6) is 5.75 Å². The Morgan fingerprint density at radius 3 is 2.72 bits per heavy atom. The number of allylic oxidation sites excluding steroid dienone is 2. The van der Waals surface area contributed by atoms with Crippen LogP contribution < -0.4 is 15.0 Å². The second kappa shape index (κ2) is 8.72. The van der Waals surface area contributed by atoms with Crippen LogP contribution in [-0.4, -0.2) is 43.4 Å². The van der Waals surface area contributed by atoms with Crippen molar-refractivity contribution in [3.63, 3.8) is 0 Å². The summed E-state index contributed by atoms with van der Waals surface area (Å²) in [6.07, 6.45) is 8.94. The molecular weight excluding hydrogens is 378 g/mol. The van der Waals surface area contributed by atoms with Crippen molar-refractivity contribution in [2.45, 2.75) is 30.7 Å². The van der Waals surface area contributed by atoms with Gasteiger partial charge >= 0.3 is 0 Å². The van der Waals surface area contributed by atoms with E-state index in [0.29, 0.717) is 6.04 Å². The minimum absolute atomic E-state index is 0.505. The minimum atomic E-state index is 0.505. The average molecular weight is 410 g/mol. The molecule has 5 heteroatoms. The fourth-order valence-corrected chi connectivity index (χ4v) is 5.29. The van der Waals surface area contributed by atoms with E-state index in [1.807, 2.05) is 17.8 Å². The highest BCUT2D eigenvalue weighted by atomic mass is 32.2. The lowest BCUT2D eigenvalue weighted by Gasteiger charge is -2.45. The van der Waals surface area contributed by atoms with Gasteiger partial charge in [-0.1, -0.05) is 20.1 Å². The molecule has 1 atom stereocenters. The molecule has 0 radical (unpaired) electrons. The van der Waals surface area contributed by atoms with Crippen LogP contribution in [0.3, 0.4) is 0 Å². The van der Waals surface area contributed by atoms with Crippen LogP contribution in [0.1, 0.15) is 19.8 Å². The van der Waals surface area contributed by atoms with Crippen LogP contribution in [-0.2, 0) is 0 Å². The van der Waals surface area contributed by atoms with Crippen molar-refractivity contribution in [3.05, 3.63) is 66.7 Å². The zero-order chi connectivity index (χ0) is 20.4. The molecule has 4 nitrogen and oxygen atoms in total. The summed E-state index contributed by atoms with van der Waals surface area (Å²) in [5.74, 6) is 2.64. The van der Waals surface area contributed by atoms with Gasteiger partial charge in [0.25, 0.3) is 0 Å². The second-order valence-corrected chi connectivity index (χ2v) is 9.22. The maximum Gasteiger partial charge on any atom is 0.120 e. The number of methoxy groups -OCH3 is 1. The molecule has 1 unspecified atom stereocenters. The third kappa shape index (κ3) is 4.26. The molecule has 0 amide bonds. The van der Waals surface area contributed by atoms with Crippen LogP contribution in [0.2, 0.25) is 0 Å². The zero-order valence-electron chi connectivity index (χ0n) is 17.5. The molecule has 1 aromatic carbocycles. The smallest absolute Gasteiger partial charge is 0.120 e. The summed E-state index contributed by atoms with van der Waals surface area (Å²) < 4.78 is 5.43. The van der Waals surface area contributed by atoms with E-state index in [9.17, 15) is 0 Å². The van der Waals surface area contributed by atoms with Gasteiger partial charge in [0.15, 0.2) is 0 Å². The lowest BCUT2D eigenvalue weighted by Crippen LogP contribution is -2.55. The molecule has 2 bridgehead atoms. The van der Waals surface area contributed by atoms with E-state index in [2.05, 4.69) is 65.7 Å². The van der Waals surface area contributed by atoms with Gasteiger partial charge in [-0.05, 0) is 68.0 Å². The Morgan fingerprint density at radius 1 is 1.28 bits per heavy atom. The van der Waals surface area contributed by atoms with Crippen LogP contribution in [0, 0.1) is 5.92 Å². The molecule has 4 heterocycles. The van der Waals surface area contributed by atoms with Gasteiger partial charge in [-0.2, -0.15) is 0 Å². The van der Waals surface area contributed by atoms with Crippen molar-refractivity contribution in [3.8, 4) is 5.75 Å². The van der Waals surface area contributed by atoms with E-state index in [1.165, 1.54) is 30.8 Å². The third-order valence-electron chi connectivity index (χ3n) is 6.12. The summed E-state index contributed by atoms with van der Waals surface area (Å²) in [4.78, 5) is 5.92. The Hall–Kier alpha value is -2.11. The van der Waals surface area contributed by atoms with Gasteiger partial charge in [0, 0.05) is 40.6 Å². The van der Waals surface area contributed by atoms with Crippen molar-refractivity contribution in [2.24, 2.45) is 5.92 Å². The number of benzene rings is 1. The molecular formula is C24H31N3OS. The van der Waals surface area contributed by atoms with E-state index < -0.39 is 0 Å². The van der Waals surface area contributed by atoms with E-state index in [-0.39, 0.29) is 0 Å². The average Bonchev–Trinajstić information content (AvgIpc) is 2.75. The Kier molecular flexibility index (Phi) is 6.07. The van der Waals surface area contributed by atoms with Gasteiger partial charge in [-0.3, -0.25) is 0 Å². The highest BCUT2D eigenvalue weighted by Crippen LogP contribution is 2.37. The standard InChI is InChI=1S/C24H31N3OS/c1-5-29-24-14-21(28-4)8-9-23(24)27-15-20(7-6-17(27)2)18(3)25-22-16-26-12-10-19(22)11-13-26/h6-9,14-15,19,22,25H,2-3,5,10-13,16H2,1,4H3. The number of rotatable bonds is 7. The number of nitrogens with zero attached hydrogens (tertiary/aromatic N) is 2. The van der Waals surface area contributed by atoms with Gasteiger partial charge in [0.2, 0.25) is 0 Å². The monoisotopic (exact) mass is 409 g/mol. The molecule has 3 fully saturated rings. The van der Waals surface area contributed by atoms with E-state index >= 15 is 0 Å². The molecule has 3 saturated heterocycles. The first-order valence-corrected chi connectivity index (χ1v) is 11.4. The van der Waals surface area contributed by atoms with Crippen LogP contribution >= 0.6 is 11.8 Å². The van der Waals surface area contributed by atoms with E-state index in [0.717, 1.165) is 46.6 Å².